The first-order valence-electron chi connectivity index (χ1n) is 10.2. The molecule has 0 radical (unpaired) electrons. The summed E-state index contributed by atoms with van der Waals surface area (Å²) < 4.78 is 5.36. The van der Waals surface area contributed by atoms with Crippen molar-refractivity contribution < 1.29 is 14.3 Å². The summed E-state index contributed by atoms with van der Waals surface area (Å²) in [6, 6.07) is 7.60. The minimum absolute atomic E-state index is 0.00855. The average Bonchev–Trinajstić information content (AvgIpc) is 3.19. The van der Waals surface area contributed by atoms with E-state index in [1.54, 1.807) is 13.2 Å². The lowest BCUT2D eigenvalue weighted by Gasteiger charge is -2.19. The number of benzene rings is 1. The molecule has 7 nitrogen and oxygen atoms in total. The van der Waals surface area contributed by atoms with Crippen molar-refractivity contribution in [2.45, 2.75) is 19.3 Å². The van der Waals surface area contributed by atoms with Crippen LogP contribution in [0, 0.1) is 0 Å². The average molecular weight is 414 g/mol. The normalized spacial score (nSPS) is 14.0. The number of anilines is 1. The van der Waals surface area contributed by atoms with Crippen LogP contribution in [0.1, 0.15) is 27.2 Å². The van der Waals surface area contributed by atoms with E-state index in [2.05, 4.69) is 27.2 Å². The molecule has 0 atom stereocenters. The van der Waals surface area contributed by atoms with Crippen LogP contribution in [0.5, 0.6) is 5.75 Å². The number of methoxy groups -OCH3 is 1. The maximum absolute atomic E-state index is 12.4. The standard InChI is InChI=1S/C24H22N4O3/c1-3-21(29)27-19-10-13(5-7-20(19)31-2)18-11-16-14(12-26-18)4-6-15-22-17(28-23(15)16)8-9-25-24(22)30/h3,5,7,10-12,28H,1,4,6,8-9H2,2H3,(H,25,30)(H,27,29). The van der Waals surface area contributed by atoms with Gasteiger partial charge >= 0.3 is 0 Å². The Morgan fingerprint density at radius 1 is 1.26 bits per heavy atom. The molecule has 0 unspecified atom stereocenters. The Bertz CT molecular complexity index is 1240. The third kappa shape index (κ3) is 3.18. The molecule has 2 amide bonds. The second kappa shape index (κ2) is 7.43. The van der Waals surface area contributed by atoms with E-state index in [1.807, 2.05) is 24.4 Å². The number of carbonyl (C=O) groups excluding carboxylic acids is 2. The Kier molecular flexibility index (Phi) is 4.58. The van der Waals surface area contributed by atoms with Gasteiger partial charge in [0.25, 0.3) is 5.91 Å². The molecule has 0 spiro atoms. The van der Waals surface area contributed by atoms with Crippen molar-refractivity contribution in [3.8, 4) is 28.3 Å². The van der Waals surface area contributed by atoms with Gasteiger partial charge in [-0.25, -0.2) is 0 Å². The molecule has 2 aromatic heterocycles. The second-order valence-electron chi connectivity index (χ2n) is 7.67. The van der Waals surface area contributed by atoms with Crippen molar-refractivity contribution in [1.29, 1.82) is 0 Å². The first-order valence-corrected chi connectivity index (χ1v) is 10.2. The number of hydrogen-bond donors (Lipinski definition) is 3. The fourth-order valence-electron chi connectivity index (χ4n) is 4.41. The molecule has 0 saturated heterocycles. The quantitative estimate of drug-likeness (QED) is 0.571. The van der Waals surface area contributed by atoms with Gasteiger partial charge < -0.3 is 20.4 Å². The van der Waals surface area contributed by atoms with Crippen molar-refractivity contribution in [2.24, 2.45) is 0 Å². The van der Waals surface area contributed by atoms with Gasteiger partial charge in [-0.1, -0.05) is 6.58 Å². The number of hydrogen-bond acceptors (Lipinski definition) is 4. The minimum atomic E-state index is -0.311. The van der Waals surface area contributed by atoms with Gasteiger partial charge in [-0.15, -0.1) is 0 Å². The number of carbonyl (C=O) groups is 2. The molecule has 31 heavy (non-hydrogen) atoms. The number of nitrogens with zero attached hydrogens (tertiary/aromatic N) is 1. The monoisotopic (exact) mass is 414 g/mol. The highest BCUT2D eigenvalue weighted by Crippen LogP contribution is 2.39. The smallest absolute Gasteiger partial charge is 0.253 e. The van der Waals surface area contributed by atoms with Crippen LogP contribution >= 0.6 is 0 Å². The van der Waals surface area contributed by atoms with E-state index >= 15 is 0 Å². The molecular weight excluding hydrogens is 392 g/mol. The SMILES string of the molecule is C=CC(=O)Nc1cc(-c2cc3c(cn2)CCc2c-3[nH]c3c2C(=O)NCC3)ccc1OC. The third-order valence-electron chi connectivity index (χ3n) is 5.91. The maximum atomic E-state index is 12.4. The summed E-state index contributed by atoms with van der Waals surface area (Å²) in [6.07, 6.45) is 5.60. The Balaban J connectivity index is 1.59. The van der Waals surface area contributed by atoms with Crippen LogP contribution < -0.4 is 15.4 Å². The maximum Gasteiger partial charge on any atom is 0.253 e. The second-order valence-corrected chi connectivity index (χ2v) is 7.67. The van der Waals surface area contributed by atoms with E-state index < -0.39 is 0 Å². The Hall–Kier alpha value is -3.87. The van der Waals surface area contributed by atoms with Gasteiger partial charge in [0.1, 0.15) is 5.75 Å². The number of nitrogens with one attached hydrogen (secondary N) is 3. The molecule has 0 saturated carbocycles. The van der Waals surface area contributed by atoms with Crippen LogP contribution in [0.15, 0.2) is 43.1 Å². The Morgan fingerprint density at radius 3 is 2.94 bits per heavy atom. The molecule has 2 aliphatic rings. The van der Waals surface area contributed by atoms with E-state index in [-0.39, 0.29) is 11.8 Å². The van der Waals surface area contributed by atoms with Crippen LogP contribution in [-0.2, 0) is 24.1 Å². The van der Waals surface area contributed by atoms with E-state index in [1.165, 1.54) is 6.08 Å². The minimum Gasteiger partial charge on any atom is -0.495 e. The first kappa shape index (κ1) is 19.1. The number of fused-ring (bicyclic) bond motifs is 5. The van der Waals surface area contributed by atoms with Gasteiger partial charge in [-0.3, -0.25) is 14.6 Å². The molecule has 3 aromatic rings. The predicted octanol–water partition coefficient (Wildman–Crippen LogP) is 3.26. The number of aromatic amines is 1. The van der Waals surface area contributed by atoms with Crippen molar-refractivity contribution >= 4 is 17.5 Å². The number of H-pyrrole nitrogens is 1. The van der Waals surface area contributed by atoms with Gasteiger partial charge in [0.05, 0.1) is 29.7 Å². The van der Waals surface area contributed by atoms with E-state index in [0.717, 1.165) is 64.2 Å². The van der Waals surface area contributed by atoms with Gasteiger partial charge in [-0.05, 0) is 54.3 Å². The molecule has 1 aliphatic carbocycles. The number of amides is 2. The first-order chi connectivity index (χ1) is 15.1. The largest absolute Gasteiger partial charge is 0.495 e. The van der Waals surface area contributed by atoms with Crippen LogP contribution in [0.3, 0.4) is 0 Å². The van der Waals surface area contributed by atoms with Gasteiger partial charge in [0.2, 0.25) is 5.91 Å². The zero-order valence-corrected chi connectivity index (χ0v) is 17.2. The highest BCUT2D eigenvalue weighted by Gasteiger charge is 2.29. The molecule has 1 aliphatic heterocycles. The van der Waals surface area contributed by atoms with E-state index in [9.17, 15) is 9.59 Å². The summed E-state index contributed by atoms with van der Waals surface area (Å²) in [5.74, 6) is 0.255. The Labute approximate surface area is 179 Å². The lowest BCUT2D eigenvalue weighted by molar-refractivity contribution is -0.111. The summed E-state index contributed by atoms with van der Waals surface area (Å²) >= 11 is 0. The third-order valence-corrected chi connectivity index (χ3v) is 5.91. The molecule has 3 heterocycles. The molecule has 0 fully saturated rings. The van der Waals surface area contributed by atoms with Crippen LogP contribution in [0.2, 0.25) is 0 Å². The number of rotatable bonds is 4. The predicted molar refractivity (Wildman–Crippen MR) is 118 cm³/mol. The van der Waals surface area contributed by atoms with Crippen LogP contribution in [0.4, 0.5) is 5.69 Å². The summed E-state index contributed by atoms with van der Waals surface area (Å²) in [5, 5.41) is 5.73. The van der Waals surface area contributed by atoms with Crippen LogP contribution in [-0.4, -0.2) is 35.4 Å². The van der Waals surface area contributed by atoms with Crippen molar-refractivity contribution in [1.82, 2.24) is 15.3 Å². The van der Waals surface area contributed by atoms with E-state index in [0.29, 0.717) is 18.0 Å². The number of ether oxygens (including phenoxy) is 1. The van der Waals surface area contributed by atoms with Gasteiger partial charge in [-0.2, -0.15) is 0 Å². The summed E-state index contributed by atoms with van der Waals surface area (Å²) in [4.78, 5) is 32.4. The van der Waals surface area contributed by atoms with Gasteiger partial charge in [0.15, 0.2) is 0 Å². The molecule has 156 valence electrons. The number of pyridine rings is 1. The van der Waals surface area contributed by atoms with Crippen molar-refractivity contribution in [3.05, 3.63) is 65.5 Å². The highest BCUT2D eigenvalue weighted by molar-refractivity contribution is 6.01. The van der Waals surface area contributed by atoms with E-state index in [4.69, 9.17) is 4.74 Å². The summed E-state index contributed by atoms with van der Waals surface area (Å²) in [5.41, 5.74) is 8.33. The van der Waals surface area contributed by atoms with Gasteiger partial charge in [0, 0.05) is 36.0 Å². The molecular formula is C24H22N4O3. The highest BCUT2D eigenvalue weighted by atomic mass is 16.5. The summed E-state index contributed by atoms with van der Waals surface area (Å²) in [6.45, 7) is 4.16. The fourth-order valence-corrected chi connectivity index (χ4v) is 4.41. The topological polar surface area (TPSA) is 96.1 Å². The number of aryl methyl sites for hydroxylation is 1. The van der Waals surface area contributed by atoms with Crippen LogP contribution in [0.25, 0.3) is 22.5 Å². The summed E-state index contributed by atoms with van der Waals surface area (Å²) in [7, 11) is 1.56. The zero-order chi connectivity index (χ0) is 21.5. The lowest BCUT2D eigenvalue weighted by atomic mass is 9.88. The van der Waals surface area contributed by atoms with Crippen molar-refractivity contribution in [2.75, 3.05) is 19.0 Å². The molecule has 0 bridgehead atoms. The number of aromatic nitrogens is 2. The molecule has 3 N–H and O–H groups in total. The Morgan fingerprint density at radius 2 is 2.13 bits per heavy atom. The fraction of sp³-hybridized carbons (Fsp3) is 0.208. The molecule has 7 heteroatoms. The lowest BCUT2D eigenvalue weighted by Crippen LogP contribution is -2.32. The zero-order valence-electron chi connectivity index (χ0n) is 17.2. The molecule has 5 rings (SSSR count). The van der Waals surface area contributed by atoms with Crippen molar-refractivity contribution in [3.63, 3.8) is 0 Å². The molecule has 1 aromatic carbocycles.